The summed E-state index contributed by atoms with van der Waals surface area (Å²) < 4.78 is 56.2. The van der Waals surface area contributed by atoms with E-state index in [1.165, 1.54) is 6.92 Å². The summed E-state index contributed by atoms with van der Waals surface area (Å²) in [6.07, 6.45) is -4.77. The number of rotatable bonds is 7. The number of nitrogens with zero attached hydrogens (tertiary/aromatic N) is 1. The number of aryl methyl sites for hydroxylation is 1. The molecule has 5 aromatic rings. The van der Waals surface area contributed by atoms with Crippen LogP contribution >= 0.6 is 0 Å². The van der Waals surface area contributed by atoms with E-state index in [9.17, 15) is 32.3 Å². The van der Waals surface area contributed by atoms with Gasteiger partial charge in [0.25, 0.3) is 5.91 Å². The monoisotopic (exact) mass is 588 g/mol. The van der Waals surface area contributed by atoms with Crippen molar-refractivity contribution in [3.63, 3.8) is 0 Å². The van der Waals surface area contributed by atoms with Crippen LogP contribution in [0.3, 0.4) is 0 Å². The molecule has 0 saturated heterocycles. The normalized spacial score (nSPS) is 12.3. The average Bonchev–Trinajstić information content (AvgIpc) is 3.21. The van der Waals surface area contributed by atoms with E-state index in [4.69, 9.17) is 0 Å². The lowest BCUT2D eigenvalue weighted by atomic mass is 9.99. The second kappa shape index (κ2) is 11.4. The van der Waals surface area contributed by atoms with Gasteiger partial charge in [-0.15, -0.1) is 0 Å². The number of nitrogens with one attached hydrogen (secondary N) is 1. The third-order valence-corrected chi connectivity index (χ3v) is 7.80. The molecular formula is C34H28F4N2O3. The number of fused-ring (bicyclic) bond motifs is 1. The lowest BCUT2D eigenvalue weighted by Gasteiger charge is -2.20. The zero-order valence-corrected chi connectivity index (χ0v) is 23.6. The van der Waals surface area contributed by atoms with Crippen LogP contribution in [0.15, 0.2) is 84.9 Å². The second-order valence-electron chi connectivity index (χ2n) is 10.5. The topological polar surface area (TPSA) is 71.3 Å². The van der Waals surface area contributed by atoms with Gasteiger partial charge in [0.2, 0.25) is 0 Å². The SMILES string of the molecule is Cc1c(C)n(Cc2ccc(-c3ccccc3C(=O)O)cc2)c2ccc(C(=O)NC(C)c3ccc(F)cc3C(F)(F)F)cc12. The molecule has 220 valence electrons. The van der Waals surface area contributed by atoms with Gasteiger partial charge in [-0.3, -0.25) is 4.79 Å². The van der Waals surface area contributed by atoms with Crippen molar-refractivity contribution in [1.29, 1.82) is 0 Å². The summed E-state index contributed by atoms with van der Waals surface area (Å²) in [5, 5.41) is 13.0. The Morgan fingerprint density at radius 3 is 2.30 bits per heavy atom. The van der Waals surface area contributed by atoms with Gasteiger partial charge in [0.15, 0.2) is 0 Å². The number of carbonyl (C=O) groups is 2. The van der Waals surface area contributed by atoms with E-state index in [-0.39, 0.29) is 16.7 Å². The second-order valence-corrected chi connectivity index (χ2v) is 10.5. The number of hydrogen-bond donors (Lipinski definition) is 2. The molecule has 0 aliphatic carbocycles. The maximum Gasteiger partial charge on any atom is 0.416 e. The molecule has 0 fully saturated rings. The zero-order chi connectivity index (χ0) is 31.1. The molecule has 0 aliphatic heterocycles. The van der Waals surface area contributed by atoms with Crippen molar-refractivity contribution in [2.24, 2.45) is 0 Å². The number of hydrogen-bond acceptors (Lipinski definition) is 2. The fourth-order valence-electron chi connectivity index (χ4n) is 5.40. The molecule has 0 radical (unpaired) electrons. The van der Waals surface area contributed by atoms with Gasteiger partial charge in [-0.25, -0.2) is 9.18 Å². The molecule has 2 N–H and O–H groups in total. The lowest BCUT2D eigenvalue weighted by molar-refractivity contribution is -0.138. The van der Waals surface area contributed by atoms with Crippen LogP contribution in [-0.4, -0.2) is 21.6 Å². The summed E-state index contributed by atoms with van der Waals surface area (Å²) in [6, 6.07) is 21.1. The standard InChI is InChI=1S/C34H28F4N2O3/c1-19-21(3)40(18-22-8-10-23(11-9-22)27-6-4-5-7-28(27)33(42)43)31-15-12-24(16-29(19)31)32(41)39-20(2)26-14-13-25(35)17-30(26)34(36,37)38/h4-17,20H,18H2,1-3H3,(H,39,41)(H,42,43). The van der Waals surface area contributed by atoms with Gasteiger partial charge >= 0.3 is 12.1 Å². The Kier molecular flexibility index (Phi) is 7.84. The maximum absolute atomic E-state index is 13.5. The summed E-state index contributed by atoms with van der Waals surface area (Å²) in [5.41, 5.74) is 4.42. The molecule has 1 atom stereocenters. The van der Waals surface area contributed by atoms with Crippen LogP contribution in [0.5, 0.6) is 0 Å². The van der Waals surface area contributed by atoms with E-state index in [0.29, 0.717) is 18.2 Å². The predicted molar refractivity (Wildman–Crippen MR) is 157 cm³/mol. The van der Waals surface area contributed by atoms with Crippen LogP contribution in [0.2, 0.25) is 0 Å². The van der Waals surface area contributed by atoms with Crippen LogP contribution in [0, 0.1) is 19.7 Å². The van der Waals surface area contributed by atoms with Crippen molar-refractivity contribution in [2.45, 2.75) is 39.5 Å². The number of aromatic nitrogens is 1. The number of halogens is 4. The molecule has 0 spiro atoms. The molecule has 1 amide bonds. The highest BCUT2D eigenvalue weighted by atomic mass is 19.4. The number of carboxylic acids is 1. The first-order chi connectivity index (χ1) is 20.3. The largest absolute Gasteiger partial charge is 0.478 e. The summed E-state index contributed by atoms with van der Waals surface area (Å²) in [6.45, 7) is 5.88. The molecule has 43 heavy (non-hydrogen) atoms. The Balaban J connectivity index is 1.39. The van der Waals surface area contributed by atoms with Crippen LogP contribution < -0.4 is 5.32 Å². The number of amides is 1. The molecule has 1 heterocycles. The highest BCUT2D eigenvalue weighted by Crippen LogP contribution is 2.35. The Morgan fingerprint density at radius 2 is 1.63 bits per heavy atom. The van der Waals surface area contributed by atoms with E-state index in [0.717, 1.165) is 45.4 Å². The van der Waals surface area contributed by atoms with Gasteiger partial charge in [-0.1, -0.05) is 48.5 Å². The van der Waals surface area contributed by atoms with E-state index in [1.54, 1.807) is 36.4 Å². The number of carboxylic acid groups (broad SMARTS) is 1. The van der Waals surface area contributed by atoms with Crippen molar-refractivity contribution >= 4 is 22.8 Å². The predicted octanol–water partition coefficient (Wildman–Crippen LogP) is 8.32. The van der Waals surface area contributed by atoms with E-state index >= 15 is 0 Å². The summed E-state index contributed by atoms with van der Waals surface area (Å²) in [5.74, 6) is -2.54. The van der Waals surface area contributed by atoms with Gasteiger partial charge in [0, 0.05) is 28.7 Å². The fraction of sp³-hybridized carbons (Fsp3) is 0.176. The van der Waals surface area contributed by atoms with E-state index < -0.39 is 35.5 Å². The average molecular weight is 589 g/mol. The number of benzene rings is 4. The molecule has 5 nitrogen and oxygen atoms in total. The quantitative estimate of drug-likeness (QED) is 0.188. The summed E-state index contributed by atoms with van der Waals surface area (Å²) in [7, 11) is 0. The molecule has 4 aromatic carbocycles. The Labute approximate surface area is 245 Å². The fourth-order valence-corrected chi connectivity index (χ4v) is 5.40. The molecule has 1 aromatic heterocycles. The number of aromatic carboxylic acids is 1. The van der Waals surface area contributed by atoms with Crippen LogP contribution in [0.1, 0.15) is 61.6 Å². The Morgan fingerprint density at radius 1 is 0.930 bits per heavy atom. The molecule has 1 unspecified atom stereocenters. The summed E-state index contributed by atoms with van der Waals surface area (Å²) >= 11 is 0. The number of alkyl halides is 3. The van der Waals surface area contributed by atoms with Gasteiger partial charge in [-0.05, 0) is 85.0 Å². The molecule has 9 heteroatoms. The Hall–Kier alpha value is -4.92. The first kappa shape index (κ1) is 29.6. The van der Waals surface area contributed by atoms with E-state index in [2.05, 4.69) is 9.88 Å². The van der Waals surface area contributed by atoms with Gasteiger partial charge in [0.1, 0.15) is 5.82 Å². The molecule has 5 rings (SSSR count). The molecule has 0 bridgehead atoms. The molecule has 0 saturated carbocycles. The van der Waals surface area contributed by atoms with Crippen molar-refractivity contribution in [2.75, 3.05) is 0 Å². The third-order valence-electron chi connectivity index (χ3n) is 7.80. The highest BCUT2D eigenvalue weighted by molar-refractivity contribution is 5.99. The first-order valence-electron chi connectivity index (χ1n) is 13.5. The zero-order valence-electron chi connectivity index (χ0n) is 23.6. The maximum atomic E-state index is 13.5. The van der Waals surface area contributed by atoms with Gasteiger partial charge < -0.3 is 15.0 Å². The van der Waals surface area contributed by atoms with Crippen molar-refractivity contribution < 1.29 is 32.3 Å². The molecule has 0 aliphatic rings. The smallest absolute Gasteiger partial charge is 0.416 e. The third kappa shape index (κ3) is 5.88. The van der Waals surface area contributed by atoms with E-state index in [1.807, 2.05) is 44.2 Å². The molecular weight excluding hydrogens is 560 g/mol. The first-order valence-corrected chi connectivity index (χ1v) is 13.5. The Bertz CT molecular complexity index is 1860. The van der Waals surface area contributed by atoms with Crippen LogP contribution in [0.4, 0.5) is 17.6 Å². The van der Waals surface area contributed by atoms with Crippen molar-refractivity contribution in [3.05, 3.63) is 130 Å². The number of carbonyl (C=O) groups excluding carboxylic acids is 1. The van der Waals surface area contributed by atoms with Crippen LogP contribution in [-0.2, 0) is 12.7 Å². The highest BCUT2D eigenvalue weighted by Gasteiger charge is 2.35. The van der Waals surface area contributed by atoms with Crippen LogP contribution in [0.25, 0.3) is 22.0 Å². The minimum absolute atomic E-state index is 0.223. The van der Waals surface area contributed by atoms with Crippen molar-refractivity contribution in [1.82, 2.24) is 9.88 Å². The van der Waals surface area contributed by atoms with Crippen molar-refractivity contribution in [3.8, 4) is 11.1 Å². The minimum Gasteiger partial charge on any atom is -0.478 e. The van der Waals surface area contributed by atoms with Gasteiger partial charge in [-0.2, -0.15) is 13.2 Å². The minimum atomic E-state index is -4.77. The van der Waals surface area contributed by atoms with Gasteiger partial charge in [0.05, 0.1) is 17.2 Å². The summed E-state index contributed by atoms with van der Waals surface area (Å²) in [4.78, 5) is 24.7. The lowest BCUT2D eigenvalue weighted by Crippen LogP contribution is -2.28.